The number of rotatable bonds is 4. The molecule has 20 heavy (non-hydrogen) atoms. The Bertz CT molecular complexity index is 705. The average molecular weight is 271 g/mol. The van der Waals surface area contributed by atoms with Crippen molar-refractivity contribution in [3.63, 3.8) is 0 Å². The molecule has 2 aromatic rings. The van der Waals surface area contributed by atoms with Crippen molar-refractivity contribution >= 4 is 18.1 Å². The number of pyridine rings is 1. The molecule has 6 nitrogen and oxygen atoms in total. The molecule has 0 radical (unpaired) electrons. The summed E-state index contributed by atoms with van der Waals surface area (Å²) in [5, 5.41) is 8.74. The fraction of sp³-hybridized carbons (Fsp3) is 0.143. The van der Waals surface area contributed by atoms with Crippen LogP contribution in [0.5, 0.6) is 0 Å². The third kappa shape index (κ3) is 3.38. The maximum Gasteiger partial charge on any atom is 0.308 e. The van der Waals surface area contributed by atoms with Crippen molar-refractivity contribution in [3.05, 3.63) is 57.5 Å². The summed E-state index contributed by atoms with van der Waals surface area (Å²) in [6.45, 7) is 1.62. The SMILES string of the molecule is Cc1nc(/C=C/c2cccnc2)[nH]c(=O)c1CC(=O)O. The lowest BCUT2D eigenvalue weighted by atomic mass is 10.1. The molecular weight excluding hydrogens is 258 g/mol. The van der Waals surface area contributed by atoms with Gasteiger partial charge in [0.25, 0.3) is 5.56 Å². The van der Waals surface area contributed by atoms with Crippen molar-refractivity contribution in [1.29, 1.82) is 0 Å². The molecular formula is C14H13N3O3. The zero-order valence-corrected chi connectivity index (χ0v) is 10.8. The van der Waals surface area contributed by atoms with Gasteiger partial charge in [-0.1, -0.05) is 6.07 Å². The summed E-state index contributed by atoms with van der Waals surface area (Å²) in [5.41, 5.74) is 1.05. The smallest absolute Gasteiger partial charge is 0.308 e. The van der Waals surface area contributed by atoms with Crippen LogP contribution in [0.1, 0.15) is 22.6 Å². The van der Waals surface area contributed by atoms with Crippen LogP contribution < -0.4 is 5.56 Å². The monoisotopic (exact) mass is 271 g/mol. The first-order valence-electron chi connectivity index (χ1n) is 5.96. The number of nitrogens with one attached hydrogen (secondary N) is 1. The number of carbonyl (C=O) groups is 1. The number of H-pyrrole nitrogens is 1. The summed E-state index contributed by atoms with van der Waals surface area (Å²) in [4.78, 5) is 33.2. The molecule has 2 aromatic heterocycles. The number of carboxylic acid groups (broad SMARTS) is 1. The van der Waals surface area contributed by atoms with E-state index in [4.69, 9.17) is 5.11 Å². The van der Waals surface area contributed by atoms with Gasteiger partial charge in [-0.3, -0.25) is 14.6 Å². The molecule has 0 unspecified atom stereocenters. The quantitative estimate of drug-likeness (QED) is 0.873. The predicted octanol–water partition coefficient (Wildman–Crippen LogP) is 1.27. The van der Waals surface area contributed by atoms with Gasteiger partial charge in [0.15, 0.2) is 0 Å². The second-order valence-corrected chi connectivity index (χ2v) is 4.21. The first-order valence-corrected chi connectivity index (χ1v) is 5.96. The van der Waals surface area contributed by atoms with Gasteiger partial charge in [-0.25, -0.2) is 4.98 Å². The molecule has 0 fully saturated rings. The number of aromatic amines is 1. The molecule has 2 heterocycles. The van der Waals surface area contributed by atoms with Gasteiger partial charge in [0.2, 0.25) is 0 Å². The Labute approximate surface area is 114 Å². The average Bonchev–Trinajstić information content (AvgIpc) is 2.41. The third-order valence-corrected chi connectivity index (χ3v) is 2.69. The number of aryl methyl sites for hydroxylation is 1. The molecule has 0 bridgehead atoms. The van der Waals surface area contributed by atoms with E-state index in [1.807, 2.05) is 6.07 Å². The van der Waals surface area contributed by atoms with Gasteiger partial charge in [-0.15, -0.1) is 0 Å². The Kier molecular flexibility index (Phi) is 4.05. The number of carboxylic acids is 1. The summed E-state index contributed by atoms with van der Waals surface area (Å²) in [6.07, 6.45) is 6.43. The van der Waals surface area contributed by atoms with Gasteiger partial charge in [0.05, 0.1) is 6.42 Å². The summed E-state index contributed by atoms with van der Waals surface area (Å²) >= 11 is 0. The lowest BCUT2D eigenvalue weighted by Gasteiger charge is -2.02. The minimum atomic E-state index is -1.06. The largest absolute Gasteiger partial charge is 0.481 e. The van der Waals surface area contributed by atoms with E-state index < -0.39 is 11.5 Å². The highest BCUT2D eigenvalue weighted by atomic mass is 16.4. The molecule has 0 spiro atoms. The van der Waals surface area contributed by atoms with Crippen LogP contribution >= 0.6 is 0 Å². The Morgan fingerprint density at radius 3 is 2.85 bits per heavy atom. The highest BCUT2D eigenvalue weighted by Gasteiger charge is 2.10. The second kappa shape index (κ2) is 5.92. The number of hydrogen-bond donors (Lipinski definition) is 2. The van der Waals surface area contributed by atoms with Crippen LogP contribution in [0.25, 0.3) is 12.2 Å². The second-order valence-electron chi connectivity index (χ2n) is 4.21. The zero-order valence-electron chi connectivity index (χ0n) is 10.8. The Hall–Kier alpha value is -2.76. The maximum absolute atomic E-state index is 11.8. The number of aliphatic carboxylic acids is 1. The molecule has 0 saturated heterocycles. The topological polar surface area (TPSA) is 95.9 Å². The minimum absolute atomic E-state index is 0.177. The molecule has 0 aromatic carbocycles. The van der Waals surface area contributed by atoms with Crippen LogP contribution in [0.15, 0.2) is 29.3 Å². The van der Waals surface area contributed by atoms with Crippen LogP contribution in [-0.4, -0.2) is 26.0 Å². The Morgan fingerprint density at radius 2 is 2.25 bits per heavy atom. The first-order chi connectivity index (χ1) is 9.56. The number of hydrogen-bond acceptors (Lipinski definition) is 4. The van der Waals surface area contributed by atoms with E-state index in [1.54, 1.807) is 37.5 Å². The van der Waals surface area contributed by atoms with E-state index in [1.165, 1.54) is 0 Å². The van der Waals surface area contributed by atoms with Crippen molar-refractivity contribution in [2.75, 3.05) is 0 Å². The fourth-order valence-electron chi connectivity index (χ4n) is 1.72. The van der Waals surface area contributed by atoms with E-state index in [9.17, 15) is 9.59 Å². The highest BCUT2D eigenvalue weighted by molar-refractivity contribution is 5.70. The lowest BCUT2D eigenvalue weighted by molar-refractivity contribution is -0.136. The van der Waals surface area contributed by atoms with Crippen molar-refractivity contribution in [1.82, 2.24) is 15.0 Å². The van der Waals surface area contributed by atoms with Gasteiger partial charge < -0.3 is 10.1 Å². The summed E-state index contributed by atoms with van der Waals surface area (Å²) in [7, 11) is 0. The van der Waals surface area contributed by atoms with Gasteiger partial charge in [0.1, 0.15) is 5.82 Å². The minimum Gasteiger partial charge on any atom is -0.481 e. The van der Waals surface area contributed by atoms with Crippen molar-refractivity contribution in [3.8, 4) is 0 Å². The molecule has 0 aliphatic rings. The van der Waals surface area contributed by atoms with Crippen LogP contribution in [0, 0.1) is 6.92 Å². The maximum atomic E-state index is 11.8. The lowest BCUT2D eigenvalue weighted by Crippen LogP contribution is -2.20. The number of aromatic nitrogens is 3. The molecule has 0 aliphatic carbocycles. The van der Waals surface area contributed by atoms with Crippen LogP contribution in [-0.2, 0) is 11.2 Å². The molecule has 0 saturated carbocycles. The standard InChI is InChI=1S/C14H13N3O3/c1-9-11(7-13(18)19)14(20)17-12(16-9)5-4-10-3-2-6-15-8-10/h2-6,8H,7H2,1H3,(H,18,19)(H,16,17,20)/b5-4+. The zero-order chi connectivity index (χ0) is 14.5. The van der Waals surface area contributed by atoms with Crippen molar-refractivity contribution < 1.29 is 9.90 Å². The summed E-state index contributed by atoms with van der Waals surface area (Å²) in [5.74, 6) is -0.676. The van der Waals surface area contributed by atoms with E-state index in [0.29, 0.717) is 11.5 Å². The van der Waals surface area contributed by atoms with E-state index >= 15 is 0 Å². The molecule has 102 valence electrons. The molecule has 2 N–H and O–H groups in total. The van der Waals surface area contributed by atoms with E-state index in [2.05, 4.69) is 15.0 Å². The van der Waals surface area contributed by atoms with Crippen molar-refractivity contribution in [2.45, 2.75) is 13.3 Å². The van der Waals surface area contributed by atoms with Crippen LogP contribution in [0.4, 0.5) is 0 Å². The fourth-order valence-corrected chi connectivity index (χ4v) is 1.72. The molecule has 0 atom stereocenters. The molecule has 0 aliphatic heterocycles. The van der Waals surface area contributed by atoms with Gasteiger partial charge in [-0.05, 0) is 30.7 Å². The highest BCUT2D eigenvalue weighted by Crippen LogP contribution is 2.05. The first kappa shape index (κ1) is 13.7. The third-order valence-electron chi connectivity index (χ3n) is 2.69. The molecule has 0 amide bonds. The summed E-state index contributed by atoms with van der Waals surface area (Å²) in [6, 6.07) is 3.67. The normalized spacial score (nSPS) is 10.8. The van der Waals surface area contributed by atoms with Crippen molar-refractivity contribution in [2.24, 2.45) is 0 Å². The van der Waals surface area contributed by atoms with Crippen LogP contribution in [0.3, 0.4) is 0 Å². The summed E-state index contributed by atoms with van der Waals surface area (Å²) < 4.78 is 0. The van der Waals surface area contributed by atoms with Gasteiger partial charge in [0, 0.05) is 23.7 Å². The number of nitrogens with zero attached hydrogens (tertiary/aromatic N) is 2. The van der Waals surface area contributed by atoms with Gasteiger partial charge >= 0.3 is 5.97 Å². The Morgan fingerprint density at radius 1 is 1.45 bits per heavy atom. The van der Waals surface area contributed by atoms with E-state index in [0.717, 1.165) is 5.56 Å². The predicted molar refractivity (Wildman–Crippen MR) is 74.1 cm³/mol. The molecule has 6 heteroatoms. The van der Waals surface area contributed by atoms with Crippen LogP contribution in [0.2, 0.25) is 0 Å². The molecule has 2 rings (SSSR count). The van der Waals surface area contributed by atoms with E-state index in [-0.39, 0.29) is 12.0 Å². The Balaban J connectivity index is 2.29. The van der Waals surface area contributed by atoms with Gasteiger partial charge in [-0.2, -0.15) is 0 Å².